The van der Waals surface area contributed by atoms with Crippen LogP contribution in [0.25, 0.3) is 0 Å². The molecule has 0 atom stereocenters. The highest BCUT2D eigenvalue weighted by Crippen LogP contribution is 2.26. The first kappa shape index (κ1) is 10.8. The zero-order valence-electron chi connectivity index (χ0n) is 7.37. The topological polar surface area (TPSA) is 85.2 Å². The van der Waals surface area contributed by atoms with Gasteiger partial charge in [0.1, 0.15) is 5.69 Å². The fourth-order valence-electron chi connectivity index (χ4n) is 1.23. The van der Waals surface area contributed by atoms with Crippen LogP contribution in [0.15, 0.2) is 6.20 Å². The van der Waals surface area contributed by atoms with Crippen LogP contribution in [0, 0.1) is 0 Å². The molecule has 0 aliphatic rings. The highest BCUT2D eigenvalue weighted by molar-refractivity contribution is 5.50. The number of aliphatic hydroxyl groups is 1. The summed E-state index contributed by atoms with van der Waals surface area (Å²) in [6.07, 6.45) is -1.61. The van der Waals surface area contributed by atoms with Crippen molar-refractivity contribution < 1.29 is 13.9 Å². The maximum Gasteiger partial charge on any atom is 0.280 e. The van der Waals surface area contributed by atoms with E-state index in [-0.39, 0.29) is 23.4 Å². The Morgan fingerprint density at radius 2 is 2.07 bits per heavy atom. The van der Waals surface area contributed by atoms with Gasteiger partial charge in [-0.05, 0) is 0 Å². The standard InChI is InChI=1S/C8H11F2N3O/c9-8(10)7-4(1-11)5(3-14)6(12)2-13-7/h2,8,14H,1,3,11-12H2. The minimum absolute atomic E-state index is 0.117. The minimum atomic E-state index is -2.71. The first-order valence-electron chi connectivity index (χ1n) is 3.97. The van der Waals surface area contributed by atoms with Crippen molar-refractivity contribution in [2.75, 3.05) is 5.73 Å². The Bertz CT molecular complexity index is 331. The van der Waals surface area contributed by atoms with E-state index in [9.17, 15) is 8.78 Å². The zero-order chi connectivity index (χ0) is 10.7. The summed E-state index contributed by atoms with van der Waals surface area (Å²) in [6, 6.07) is 0. The first-order chi connectivity index (χ1) is 6.61. The third-order valence-electron chi connectivity index (χ3n) is 1.93. The van der Waals surface area contributed by atoms with Gasteiger partial charge in [0.05, 0.1) is 18.5 Å². The van der Waals surface area contributed by atoms with Gasteiger partial charge < -0.3 is 16.6 Å². The third-order valence-corrected chi connectivity index (χ3v) is 1.93. The van der Waals surface area contributed by atoms with Gasteiger partial charge in [-0.3, -0.25) is 4.98 Å². The lowest BCUT2D eigenvalue weighted by molar-refractivity contribution is 0.144. The molecule has 6 heteroatoms. The van der Waals surface area contributed by atoms with E-state index in [0.29, 0.717) is 0 Å². The van der Waals surface area contributed by atoms with E-state index < -0.39 is 18.7 Å². The molecule has 0 saturated carbocycles. The summed E-state index contributed by atoms with van der Waals surface area (Å²) in [5.41, 5.74) is 10.9. The minimum Gasteiger partial charge on any atom is -0.397 e. The van der Waals surface area contributed by atoms with E-state index >= 15 is 0 Å². The van der Waals surface area contributed by atoms with E-state index in [1.165, 1.54) is 0 Å². The number of pyridine rings is 1. The van der Waals surface area contributed by atoms with Crippen LogP contribution in [0.3, 0.4) is 0 Å². The molecular formula is C8H11F2N3O. The number of nitrogens with two attached hydrogens (primary N) is 2. The summed E-state index contributed by atoms with van der Waals surface area (Å²) >= 11 is 0. The predicted octanol–water partition coefficient (Wildman–Crippen LogP) is 0.552. The lowest BCUT2D eigenvalue weighted by atomic mass is 10.1. The van der Waals surface area contributed by atoms with Crippen molar-refractivity contribution in [1.29, 1.82) is 0 Å². The van der Waals surface area contributed by atoms with E-state index in [1.54, 1.807) is 0 Å². The van der Waals surface area contributed by atoms with Crippen molar-refractivity contribution in [3.63, 3.8) is 0 Å². The second kappa shape index (κ2) is 4.30. The van der Waals surface area contributed by atoms with Crippen molar-refractivity contribution in [3.05, 3.63) is 23.0 Å². The van der Waals surface area contributed by atoms with Crippen LogP contribution in [0.5, 0.6) is 0 Å². The molecule has 0 amide bonds. The smallest absolute Gasteiger partial charge is 0.280 e. The van der Waals surface area contributed by atoms with Gasteiger partial charge in [-0.15, -0.1) is 0 Å². The maximum atomic E-state index is 12.4. The summed E-state index contributed by atoms with van der Waals surface area (Å²) < 4.78 is 24.8. The van der Waals surface area contributed by atoms with Gasteiger partial charge >= 0.3 is 0 Å². The van der Waals surface area contributed by atoms with Gasteiger partial charge in [0.2, 0.25) is 0 Å². The highest BCUT2D eigenvalue weighted by atomic mass is 19.3. The Kier molecular flexibility index (Phi) is 3.32. The van der Waals surface area contributed by atoms with Crippen molar-refractivity contribution in [2.24, 2.45) is 5.73 Å². The van der Waals surface area contributed by atoms with Gasteiger partial charge in [0.25, 0.3) is 6.43 Å². The fourth-order valence-corrected chi connectivity index (χ4v) is 1.23. The SMILES string of the molecule is NCc1c(C(F)F)ncc(N)c1CO. The average molecular weight is 203 g/mol. The quantitative estimate of drug-likeness (QED) is 0.669. The zero-order valence-corrected chi connectivity index (χ0v) is 7.37. The summed E-state index contributed by atoms with van der Waals surface area (Å²) in [6.45, 7) is -0.534. The van der Waals surface area contributed by atoms with Crippen LogP contribution >= 0.6 is 0 Å². The lowest BCUT2D eigenvalue weighted by Crippen LogP contribution is -2.11. The summed E-state index contributed by atoms with van der Waals surface area (Å²) in [5, 5.41) is 8.93. The predicted molar refractivity (Wildman–Crippen MR) is 47.4 cm³/mol. The second-order valence-corrected chi connectivity index (χ2v) is 2.72. The monoisotopic (exact) mass is 203 g/mol. The van der Waals surface area contributed by atoms with Crippen LogP contribution < -0.4 is 11.5 Å². The molecule has 1 rings (SSSR count). The second-order valence-electron chi connectivity index (χ2n) is 2.72. The molecule has 0 aromatic carbocycles. The molecule has 0 spiro atoms. The van der Waals surface area contributed by atoms with Crippen LogP contribution in [0.4, 0.5) is 14.5 Å². The van der Waals surface area contributed by atoms with E-state index in [0.717, 1.165) is 6.20 Å². The number of aromatic nitrogens is 1. The van der Waals surface area contributed by atoms with Gasteiger partial charge in [0.15, 0.2) is 0 Å². The molecule has 14 heavy (non-hydrogen) atoms. The van der Waals surface area contributed by atoms with Crippen LogP contribution in [0.2, 0.25) is 0 Å². The van der Waals surface area contributed by atoms with Crippen molar-refractivity contribution in [3.8, 4) is 0 Å². The molecule has 0 fully saturated rings. The van der Waals surface area contributed by atoms with Gasteiger partial charge in [-0.25, -0.2) is 8.78 Å². The highest BCUT2D eigenvalue weighted by Gasteiger charge is 2.18. The van der Waals surface area contributed by atoms with Crippen molar-refractivity contribution >= 4 is 5.69 Å². The molecule has 0 bridgehead atoms. The molecule has 0 radical (unpaired) electrons. The number of halogens is 2. The number of rotatable bonds is 3. The third kappa shape index (κ3) is 1.80. The maximum absolute atomic E-state index is 12.4. The van der Waals surface area contributed by atoms with E-state index in [2.05, 4.69) is 4.98 Å². The molecule has 0 saturated heterocycles. The number of anilines is 1. The van der Waals surface area contributed by atoms with Crippen LogP contribution in [0.1, 0.15) is 23.2 Å². The number of aliphatic hydroxyl groups excluding tert-OH is 1. The molecule has 4 nitrogen and oxygen atoms in total. The van der Waals surface area contributed by atoms with Crippen molar-refractivity contribution in [1.82, 2.24) is 4.98 Å². The number of hydrogen-bond donors (Lipinski definition) is 3. The Hall–Kier alpha value is -1.27. The van der Waals surface area contributed by atoms with E-state index in [1.807, 2.05) is 0 Å². The number of nitrogens with zero attached hydrogens (tertiary/aromatic N) is 1. The van der Waals surface area contributed by atoms with Gasteiger partial charge in [-0.2, -0.15) is 0 Å². The molecule has 0 aliphatic carbocycles. The molecule has 78 valence electrons. The molecule has 0 aliphatic heterocycles. The normalized spacial score (nSPS) is 10.9. The first-order valence-corrected chi connectivity index (χ1v) is 3.97. The summed E-state index contributed by atoms with van der Waals surface area (Å²) in [4.78, 5) is 3.49. The summed E-state index contributed by atoms with van der Waals surface area (Å²) in [7, 11) is 0. The van der Waals surface area contributed by atoms with Crippen molar-refractivity contribution in [2.45, 2.75) is 19.6 Å². The number of alkyl halides is 2. The molecule has 1 aromatic heterocycles. The fraction of sp³-hybridized carbons (Fsp3) is 0.375. The van der Waals surface area contributed by atoms with E-state index in [4.69, 9.17) is 16.6 Å². The number of nitrogen functional groups attached to an aromatic ring is 1. The molecule has 1 aromatic rings. The van der Waals surface area contributed by atoms with Crippen LogP contribution in [-0.2, 0) is 13.2 Å². The van der Waals surface area contributed by atoms with Crippen LogP contribution in [-0.4, -0.2) is 10.1 Å². The van der Waals surface area contributed by atoms with Gasteiger partial charge in [0, 0.05) is 17.7 Å². The molecule has 5 N–H and O–H groups in total. The largest absolute Gasteiger partial charge is 0.397 e. The Morgan fingerprint density at radius 3 is 2.50 bits per heavy atom. The van der Waals surface area contributed by atoms with Gasteiger partial charge in [-0.1, -0.05) is 0 Å². The molecular weight excluding hydrogens is 192 g/mol. The summed E-state index contributed by atoms with van der Waals surface area (Å²) in [5.74, 6) is 0. The lowest BCUT2D eigenvalue weighted by Gasteiger charge is -2.12. The Labute approximate surface area is 79.6 Å². The Morgan fingerprint density at radius 1 is 1.43 bits per heavy atom. The average Bonchev–Trinajstić information content (AvgIpc) is 2.16. The number of hydrogen-bond acceptors (Lipinski definition) is 4. The Balaban J connectivity index is 3.33. The molecule has 0 unspecified atom stereocenters. The molecule has 1 heterocycles.